The van der Waals surface area contributed by atoms with E-state index in [1.807, 2.05) is 32.0 Å². The molecule has 1 aromatic heterocycles. The van der Waals surface area contributed by atoms with Crippen molar-refractivity contribution in [3.8, 4) is 17.1 Å². The number of hydrogen-bond acceptors (Lipinski definition) is 5. The average molecular weight is 372 g/mol. The van der Waals surface area contributed by atoms with Crippen LogP contribution >= 0.6 is 11.6 Å². The number of rotatable bonds is 6. The number of halogens is 1. The second kappa shape index (κ2) is 8.01. The first-order valence-corrected chi connectivity index (χ1v) is 8.44. The van der Waals surface area contributed by atoms with E-state index in [0.29, 0.717) is 22.5 Å². The lowest BCUT2D eigenvalue weighted by molar-refractivity contribution is -0.123. The zero-order chi connectivity index (χ0) is 18.5. The van der Waals surface area contributed by atoms with E-state index in [1.54, 1.807) is 24.3 Å². The third-order valence-corrected chi connectivity index (χ3v) is 3.82. The highest BCUT2D eigenvalue weighted by molar-refractivity contribution is 6.30. The summed E-state index contributed by atoms with van der Waals surface area (Å²) in [6.45, 7) is 4.01. The highest BCUT2D eigenvalue weighted by Crippen LogP contribution is 2.18. The van der Waals surface area contributed by atoms with Gasteiger partial charge in [-0.2, -0.15) is 4.98 Å². The van der Waals surface area contributed by atoms with Gasteiger partial charge in [0.2, 0.25) is 11.7 Å². The van der Waals surface area contributed by atoms with E-state index in [4.69, 9.17) is 20.9 Å². The van der Waals surface area contributed by atoms with Gasteiger partial charge in [0.05, 0.1) is 6.54 Å². The van der Waals surface area contributed by atoms with Crippen LogP contribution in [0.2, 0.25) is 5.02 Å². The maximum absolute atomic E-state index is 11.9. The Hall–Kier alpha value is -2.86. The van der Waals surface area contributed by atoms with Crippen LogP contribution in [0.5, 0.6) is 5.75 Å². The molecule has 6 nitrogen and oxygen atoms in total. The van der Waals surface area contributed by atoms with E-state index in [1.165, 1.54) is 0 Å². The number of aryl methyl sites for hydroxylation is 2. The first-order valence-electron chi connectivity index (χ1n) is 8.06. The summed E-state index contributed by atoms with van der Waals surface area (Å²) in [6.07, 6.45) is 0. The number of nitrogens with zero attached hydrogens (tertiary/aromatic N) is 2. The number of hydrogen-bond donors (Lipinski definition) is 1. The molecule has 1 N–H and O–H groups in total. The first-order chi connectivity index (χ1) is 12.5. The minimum absolute atomic E-state index is 0.0823. The SMILES string of the molecule is Cc1cc(C)cc(OCC(=O)NCc2nc(-c3ccc(Cl)cc3)no2)c1. The standard InChI is InChI=1S/C19H18ClN3O3/c1-12-7-13(2)9-16(8-12)25-11-17(24)21-10-18-22-19(23-26-18)14-3-5-15(20)6-4-14/h3-9H,10-11H2,1-2H3,(H,21,24). The van der Waals surface area contributed by atoms with Crippen molar-refractivity contribution < 1.29 is 14.1 Å². The smallest absolute Gasteiger partial charge is 0.258 e. The van der Waals surface area contributed by atoms with Crippen LogP contribution < -0.4 is 10.1 Å². The van der Waals surface area contributed by atoms with Gasteiger partial charge in [0.15, 0.2) is 6.61 Å². The second-order valence-corrected chi connectivity index (χ2v) is 6.34. The summed E-state index contributed by atoms with van der Waals surface area (Å²) >= 11 is 5.86. The fourth-order valence-corrected chi connectivity index (χ4v) is 2.56. The molecule has 2 aromatic carbocycles. The van der Waals surface area contributed by atoms with Crippen molar-refractivity contribution >= 4 is 17.5 Å². The van der Waals surface area contributed by atoms with Crippen LogP contribution in [0.4, 0.5) is 0 Å². The van der Waals surface area contributed by atoms with Gasteiger partial charge < -0.3 is 14.6 Å². The zero-order valence-corrected chi connectivity index (χ0v) is 15.2. The van der Waals surface area contributed by atoms with E-state index >= 15 is 0 Å². The van der Waals surface area contributed by atoms with Crippen LogP contribution in [0.25, 0.3) is 11.4 Å². The van der Waals surface area contributed by atoms with Gasteiger partial charge in [-0.1, -0.05) is 22.8 Å². The molecule has 7 heteroatoms. The molecule has 26 heavy (non-hydrogen) atoms. The topological polar surface area (TPSA) is 77.2 Å². The van der Waals surface area contributed by atoms with Gasteiger partial charge >= 0.3 is 0 Å². The number of ether oxygens (including phenoxy) is 1. The highest BCUT2D eigenvalue weighted by atomic mass is 35.5. The molecule has 0 bridgehead atoms. The van der Waals surface area contributed by atoms with Crippen molar-refractivity contribution in [1.29, 1.82) is 0 Å². The Labute approximate surface area is 156 Å². The van der Waals surface area contributed by atoms with Crippen LogP contribution in [0, 0.1) is 13.8 Å². The highest BCUT2D eigenvalue weighted by Gasteiger charge is 2.10. The summed E-state index contributed by atoms with van der Waals surface area (Å²) in [5.74, 6) is 1.16. The molecule has 3 rings (SSSR count). The molecule has 0 atom stereocenters. The number of carbonyl (C=O) groups is 1. The quantitative estimate of drug-likeness (QED) is 0.714. The number of amides is 1. The number of nitrogens with one attached hydrogen (secondary N) is 1. The Balaban J connectivity index is 1.51. The van der Waals surface area contributed by atoms with Gasteiger partial charge in [0, 0.05) is 10.6 Å². The largest absolute Gasteiger partial charge is 0.484 e. The molecule has 0 aliphatic carbocycles. The van der Waals surface area contributed by atoms with E-state index in [9.17, 15) is 4.79 Å². The van der Waals surface area contributed by atoms with Crippen molar-refractivity contribution in [1.82, 2.24) is 15.5 Å². The van der Waals surface area contributed by atoms with E-state index in [-0.39, 0.29) is 19.1 Å². The monoisotopic (exact) mass is 371 g/mol. The molecular weight excluding hydrogens is 354 g/mol. The lowest BCUT2D eigenvalue weighted by atomic mass is 10.1. The Morgan fingerprint density at radius 1 is 1.15 bits per heavy atom. The minimum atomic E-state index is -0.268. The van der Waals surface area contributed by atoms with Crippen LogP contribution in [-0.4, -0.2) is 22.7 Å². The molecule has 0 aliphatic rings. The predicted octanol–water partition coefficient (Wildman–Crippen LogP) is 3.70. The van der Waals surface area contributed by atoms with Crippen LogP contribution in [0.15, 0.2) is 47.0 Å². The molecule has 134 valence electrons. The lowest BCUT2D eigenvalue weighted by Gasteiger charge is -2.08. The second-order valence-electron chi connectivity index (χ2n) is 5.91. The Kier molecular flexibility index (Phi) is 5.53. The number of benzene rings is 2. The summed E-state index contributed by atoms with van der Waals surface area (Å²) in [4.78, 5) is 16.2. The molecule has 0 saturated heterocycles. The third-order valence-electron chi connectivity index (χ3n) is 3.57. The third kappa shape index (κ3) is 4.83. The van der Waals surface area contributed by atoms with Crippen molar-refractivity contribution in [3.63, 3.8) is 0 Å². The summed E-state index contributed by atoms with van der Waals surface area (Å²) < 4.78 is 10.7. The summed E-state index contributed by atoms with van der Waals surface area (Å²) in [5.41, 5.74) is 2.95. The van der Waals surface area contributed by atoms with Gasteiger partial charge in [-0.25, -0.2) is 0 Å². The molecule has 0 fully saturated rings. The summed E-state index contributed by atoms with van der Waals surface area (Å²) in [6, 6.07) is 12.9. The minimum Gasteiger partial charge on any atom is -0.484 e. The molecule has 3 aromatic rings. The van der Waals surface area contributed by atoms with Crippen LogP contribution in [-0.2, 0) is 11.3 Å². The van der Waals surface area contributed by atoms with E-state index in [0.717, 1.165) is 16.7 Å². The molecular formula is C19H18ClN3O3. The maximum atomic E-state index is 11.9. The fourth-order valence-electron chi connectivity index (χ4n) is 2.43. The Morgan fingerprint density at radius 2 is 1.85 bits per heavy atom. The van der Waals surface area contributed by atoms with Crippen molar-refractivity contribution in [2.75, 3.05) is 6.61 Å². The average Bonchev–Trinajstić information content (AvgIpc) is 3.07. The van der Waals surface area contributed by atoms with Crippen LogP contribution in [0.3, 0.4) is 0 Å². The fraction of sp³-hybridized carbons (Fsp3) is 0.211. The maximum Gasteiger partial charge on any atom is 0.258 e. The molecule has 0 aliphatic heterocycles. The number of carbonyl (C=O) groups excluding carboxylic acids is 1. The predicted molar refractivity (Wildman–Crippen MR) is 98.0 cm³/mol. The van der Waals surface area contributed by atoms with Gasteiger partial charge in [-0.15, -0.1) is 0 Å². The van der Waals surface area contributed by atoms with Gasteiger partial charge in [-0.05, 0) is 61.4 Å². The molecule has 0 spiro atoms. The molecule has 1 heterocycles. The lowest BCUT2D eigenvalue weighted by Crippen LogP contribution is -2.28. The Bertz CT molecular complexity index is 886. The van der Waals surface area contributed by atoms with Crippen molar-refractivity contribution in [3.05, 3.63) is 64.5 Å². The number of aromatic nitrogens is 2. The first kappa shape index (κ1) is 17.9. The van der Waals surface area contributed by atoms with Crippen molar-refractivity contribution in [2.24, 2.45) is 0 Å². The van der Waals surface area contributed by atoms with Gasteiger partial charge in [0.1, 0.15) is 5.75 Å². The summed E-state index contributed by atoms with van der Waals surface area (Å²) in [7, 11) is 0. The Morgan fingerprint density at radius 3 is 2.54 bits per heavy atom. The molecule has 1 amide bonds. The van der Waals surface area contributed by atoms with Crippen molar-refractivity contribution in [2.45, 2.75) is 20.4 Å². The van der Waals surface area contributed by atoms with Gasteiger partial charge in [0.25, 0.3) is 5.91 Å². The summed E-state index contributed by atoms with van der Waals surface area (Å²) in [5, 5.41) is 7.22. The van der Waals surface area contributed by atoms with E-state index in [2.05, 4.69) is 15.5 Å². The van der Waals surface area contributed by atoms with Crippen LogP contribution in [0.1, 0.15) is 17.0 Å². The van der Waals surface area contributed by atoms with Gasteiger partial charge in [-0.3, -0.25) is 4.79 Å². The molecule has 0 radical (unpaired) electrons. The molecule has 0 unspecified atom stereocenters. The zero-order valence-electron chi connectivity index (χ0n) is 14.5. The molecule has 0 saturated carbocycles. The van der Waals surface area contributed by atoms with E-state index < -0.39 is 0 Å². The normalized spacial score (nSPS) is 10.6.